The lowest BCUT2D eigenvalue weighted by molar-refractivity contribution is -0.119. The van der Waals surface area contributed by atoms with Gasteiger partial charge in [-0.05, 0) is 45.2 Å². The van der Waals surface area contributed by atoms with Gasteiger partial charge < -0.3 is 5.32 Å². The van der Waals surface area contributed by atoms with Gasteiger partial charge in [0.2, 0.25) is 5.91 Å². The number of nitrogens with zero attached hydrogens (tertiary/aromatic N) is 3. The number of aryl methyl sites for hydroxylation is 2. The Morgan fingerprint density at radius 2 is 1.96 bits per heavy atom. The molecule has 5 heteroatoms. The summed E-state index contributed by atoms with van der Waals surface area (Å²) in [7, 11) is 0. The lowest BCUT2D eigenvalue weighted by atomic mass is 10.0. The zero-order valence-corrected chi connectivity index (χ0v) is 14.9. The Kier molecular flexibility index (Phi) is 4.25. The zero-order chi connectivity index (χ0) is 17.4. The summed E-state index contributed by atoms with van der Waals surface area (Å²) in [6.45, 7) is 5.69. The number of aromatic nitrogens is 2. The average Bonchev–Trinajstić information content (AvgIpc) is 3.14. The fourth-order valence-electron chi connectivity index (χ4n) is 3.70. The van der Waals surface area contributed by atoms with Crippen LogP contribution in [0.1, 0.15) is 53.5 Å². The van der Waals surface area contributed by atoms with Gasteiger partial charge >= 0.3 is 0 Å². The third-order valence-corrected chi connectivity index (χ3v) is 5.19. The lowest BCUT2D eigenvalue weighted by Crippen LogP contribution is -2.36. The number of anilines is 1. The van der Waals surface area contributed by atoms with Crippen molar-refractivity contribution in [3.05, 3.63) is 52.5 Å². The van der Waals surface area contributed by atoms with Gasteiger partial charge in [-0.3, -0.25) is 9.69 Å². The summed E-state index contributed by atoms with van der Waals surface area (Å²) >= 11 is 0. The second-order valence-electron chi connectivity index (χ2n) is 7.08. The molecule has 4 rings (SSSR count). The number of rotatable bonds is 3. The van der Waals surface area contributed by atoms with Gasteiger partial charge in [0, 0.05) is 17.7 Å². The molecule has 2 aromatic rings. The Labute approximate surface area is 148 Å². The van der Waals surface area contributed by atoms with Crippen LogP contribution in [0.4, 0.5) is 5.82 Å². The number of carbonyl (C=O) groups excluding carboxylic acids is 1. The molecule has 1 atom stereocenters. The van der Waals surface area contributed by atoms with Crippen LogP contribution in [0.2, 0.25) is 0 Å². The van der Waals surface area contributed by atoms with Crippen LogP contribution in [-0.4, -0.2) is 22.4 Å². The van der Waals surface area contributed by atoms with Crippen molar-refractivity contribution < 1.29 is 4.79 Å². The third-order valence-electron chi connectivity index (χ3n) is 5.19. The molecule has 1 unspecified atom stereocenters. The van der Waals surface area contributed by atoms with Crippen molar-refractivity contribution in [2.45, 2.75) is 52.1 Å². The normalized spacial score (nSPS) is 20.0. The van der Waals surface area contributed by atoms with E-state index >= 15 is 0 Å². The summed E-state index contributed by atoms with van der Waals surface area (Å²) in [6, 6.07) is 8.56. The predicted octanol–water partition coefficient (Wildman–Crippen LogP) is 3.00. The van der Waals surface area contributed by atoms with E-state index in [-0.39, 0.29) is 11.9 Å². The second-order valence-corrected chi connectivity index (χ2v) is 7.08. The first-order chi connectivity index (χ1) is 12.1. The molecule has 1 amide bonds. The van der Waals surface area contributed by atoms with Gasteiger partial charge in [0.25, 0.3) is 0 Å². The first-order valence-corrected chi connectivity index (χ1v) is 9.08. The SMILES string of the molecule is Cc1ccc(CN2C(=O)CCc3c(C)nc(C4CCCN4)nc32)cc1. The molecular weight excluding hydrogens is 312 g/mol. The maximum absolute atomic E-state index is 12.6. The van der Waals surface area contributed by atoms with E-state index in [0.29, 0.717) is 13.0 Å². The Bertz CT molecular complexity index is 794. The van der Waals surface area contributed by atoms with Crippen molar-refractivity contribution in [2.75, 3.05) is 11.4 Å². The minimum Gasteiger partial charge on any atom is -0.307 e. The van der Waals surface area contributed by atoms with Crippen LogP contribution in [-0.2, 0) is 17.8 Å². The van der Waals surface area contributed by atoms with E-state index in [2.05, 4.69) is 36.5 Å². The molecule has 1 saturated heterocycles. The van der Waals surface area contributed by atoms with E-state index in [1.54, 1.807) is 0 Å². The van der Waals surface area contributed by atoms with Crippen molar-refractivity contribution in [3.8, 4) is 0 Å². The molecule has 0 spiro atoms. The molecular formula is C20H24N4O. The van der Waals surface area contributed by atoms with Crippen LogP contribution in [0, 0.1) is 13.8 Å². The number of benzene rings is 1. The predicted molar refractivity (Wildman–Crippen MR) is 97.4 cm³/mol. The second kappa shape index (κ2) is 6.56. The fraction of sp³-hybridized carbons (Fsp3) is 0.450. The van der Waals surface area contributed by atoms with Crippen molar-refractivity contribution in [3.63, 3.8) is 0 Å². The molecule has 1 fully saturated rings. The lowest BCUT2D eigenvalue weighted by Gasteiger charge is -2.30. The third kappa shape index (κ3) is 3.16. The Hall–Kier alpha value is -2.27. The van der Waals surface area contributed by atoms with Gasteiger partial charge in [0.15, 0.2) is 0 Å². The van der Waals surface area contributed by atoms with Gasteiger partial charge in [-0.25, -0.2) is 9.97 Å². The molecule has 1 aromatic carbocycles. The summed E-state index contributed by atoms with van der Waals surface area (Å²) in [5.41, 5.74) is 4.48. The Morgan fingerprint density at radius 3 is 2.68 bits per heavy atom. The topological polar surface area (TPSA) is 58.1 Å². The van der Waals surface area contributed by atoms with Gasteiger partial charge in [0.05, 0.1) is 12.6 Å². The van der Waals surface area contributed by atoms with Crippen LogP contribution in [0.25, 0.3) is 0 Å². The number of hydrogen-bond donors (Lipinski definition) is 1. The first kappa shape index (κ1) is 16.2. The van der Waals surface area contributed by atoms with Crippen molar-refractivity contribution in [1.29, 1.82) is 0 Å². The van der Waals surface area contributed by atoms with Crippen molar-refractivity contribution in [2.24, 2.45) is 0 Å². The van der Waals surface area contributed by atoms with Gasteiger partial charge in [-0.1, -0.05) is 29.8 Å². The molecule has 0 bridgehead atoms. The first-order valence-electron chi connectivity index (χ1n) is 9.08. The summed E-state index contributed by atoms with van der Waals surface area (Å²) in [5.74, 6) is 1.79. The minimum atomic E-state index is 0.150. The maximum Gasteiger partial charge on any atom is 0.228 e. The monoisotopic (exact) mass is 336 g/mol. The molecule has 0 radical (unpaired) electrons. The van der Waals surface area contributed by atoms with E-state index in [1.165, 1.54) is 5.56 Å². The summed E-state index contributed by atoms with van der Waals surface area (Å²) in [5, 5.41) is 3.46. The molecule has 1 aromatic heterocycles. The number of amides is 1. The van der Waals surface area contributed by atoms with Gasteiger partial charge in [0.1, 0.15) is 11.6 Å². The summed E-state index contributed by atoms with van der Waals surface area (Å²) in [4.78, 5) is 24.0. The molecule has 5 nitrogen and oxygen atoms in total. The Morgan fingerprint density at radius 1 is 1.16 bits per heavy atom. The number of hydrogen-bond acceptors (Lipinski definition) is 4. The van der Waals surface area contributed by atoms with E-state index in [0.717, 1.165) is 54.3 Å². The van der Waals surface area contributed by atoms with E-state index in [1.807, 2.05) is 11.8 Å². The van der Waals surface area contributed by atoms with E-state index in [4.69, 9.17) is 9.97 Å². The fourth-order valence-corrected chi connectivity index (χ4v) is 3.70. The van der Waals surface area contributed by atoms with Crippen LogP contribution < -0.4 is 10.2 Å². The molecule has 1 N–H and O–H groups in total. The summed E-state index contributed by atoms with van der Waals surface area (Å²) in [6.07, 6.45) is 3.48. The number of nitrogens with one attached hydrogen (secondary N) is 1. The Balaban J connectivity index is 1.71. The molecule has 130 valence electrons. The molecule has 0 aliphatic carbocycles. The van der Waals surface area contributed by atoms with E-state index < -0.39 is 0 Å². The highest BCUT2D eigenvalue weighted by molar-refractivity contribution is 5.95. The average molecular weight is 336 g/mol. The van der Waals surface area contributed by atoms with Crippen molar-refractivity contribution in [1.82, 2.24) is 15.3 Å². The highest BCUT2D eigenvalue weighted by Gasteiger charge is 2.30. The summed E-state index contributed by atoms with van der Waals surface area (Å²) < 4.78 is 0. The maximum atomic E-state index is 12.6. The minimum absolute atomic E-state index is 0.150. The number of carbonyl (C=O) groups is 1. The van der Waals surface area contributed by atoms with Gasteiger partial charge in [-0.15, -0.1) is 0 Å². The molecule has 2 aliphatic rings. The molecule has 25 heavy (non-hydrogen) atoms. The standard InChI is InChI=1S/C20H24N4O/c1-13-5-7-15(8-6-13)12-24-18(25)10-9-16-14(2)22-19(23-20(16)24)17-4-3-11-21-17/h5-8,17,21H,3-4,9-12H2,1-2H3. The van der Waals surface area contributed by atoms with E-state index in [9.17, 15) is 4.79 Å². The van der Waals surface area contributed by atoms with Crippen LogP contribution in [0.15, 0.2) is 24.3 Å². The highest BCUT2D eigenvalue weighted by Crippen LogP contribution is 2.31. The molecule has 3 heterocycles. The highest BCUT2D eigenvalue weighted by atomic mass is 16.2. The largest absolute Gasteiger partial charge is 0.307 e. The smallest absolute Gasteiger partial charge is 0.228 e. The van der Waals surface area contributed by atoms with Crippen LogP contribution in [0.5, 0.6) is 0 Å². The zero-order valence-electron chi connectivity index (χ0n) is 14.9. The van der Waals surface area contributed by atoms with Gasteiger partial charge in [-0.2, -0.15) is 0 Å². The number of fused-ring (bicyclic) bond motifs is 1. The van der Waals surface area contributed by atoms with Crippen molar-refractivity contribution >= 4 is 11.7 Å². The van der Waals surface area contributed by atoms with Crippen LogP contribution in [0.3, 0.4) is 0 Å². The van der Waals surface area contributed by atoms with Crippen LogP contribution >= 0.6 is 0 Å². The quantitative estimate of drug-likeness (QED) is 0.936. The molecule has 0 saturated carbocycles. The molecule has 2 aliphatic heterocycles.